The molecule has 3 nitrogen and oxygen atoms in total. The van der Waals surface area contributed by atoms with Gasteiger partial charge in [-0.2, -0.15) is 0 Å². The third-order valence-corrected chi connectivity index (χ3v) is 6.19. The van der Waals surface area contributed by atoms with Crippen molar-refractivity contribution in [2.75, 3.05) is 4.90 Å². The van der Waals surface area contributed by atoms with Gasteiger partial charge in [-0.3, -0.25) is 9.88 Å². The van der Waals surface area contributed by atoms with E-state index in [0.717, 1.165) is 27.8 Å². The first-order valence-corrected chi connectivity index (χ1v) is 11.9. The maximum absolute atomic E-state index is 14.2. The molecule has 0 fully saturated rings. The molecule has 0 radical (unpaired) electrons. The average Bonchev–Trinajstić information content (AvgIpc) is 2.93. The summed E-state index contributed by atoms with van der Waals surface area (Å²) < 4.78 is 28.5. The Hall–Kier alpha value is -4.90. The second-order valence-electron chi connectivity index (χ2n) is 8.65. The smallest absolute Gasteiger partial charge is 0.156 e. The monoisotopic (exact) mass is 485 g/mol. The topological polar surface area (TPSA) is 29.0 Å². The SMILES string of the molecule is Fc1cccc(N(c2cccc(F)c2)c2cnc3c(-c4ccccc4)cc(-c4ccccc4)cc3n2)c1. The van der Waals surface area contributed by atoms with Crippen LogP contribution < -0.4 is 4.90 Å². The summed E-state index contributed by atoms with van der Waals surface area (Å²) in [7, 11) is 0. The summed E-state index contributed by atoms with van der Waals surface area (Å²) in [5, 5.41) is 0. The molecule has 0 saturated carbocycles. The fraction of sp³-hybridized carbons (Fsp3) is 0. The van der Waals surface area contributed by atoms with E-state index in [-0.39, 0.29) is 0 Å². The lowest BCUT2D eigenvalue weighted by Crippen LogP contribution is -2.12. The van der Waals surface area contributed by atoms with Crippen molar-refractivity contribution in [1.82, 2.24) is 9.97 Å². The van der Waals surface area contributed by atoms with E-state index in [1.807, 2.05) is 54.6 Å². The number of hydrogen-bond acceptors (Lipinski definition) is 3. The summed E-state index contributed by atoms with van der Waals surface area (Å²) in [6.45, 7) is 0. The highest BCUT2D eigenvalue weighted by Gasteiger charge is 2.18. The van der Waals surface area contributed by atoms with Crippen molar-refractivity contribution >= 4 is 28.2 Å². The van der Waals surface area contributed by atoms with Crippen LogP contribution in [0, 0.1) is 11.6 Å². The molecule has 0 N–H and O–H groups in total. The normalized spacial score (nSPS) is 11.0. The van der Waals surface area contributed by atoms with Gasteiger partial charge in [0, 0.05) is 5.56 Å². The van der Waals surface area contributed by atoms with Crippen LogP contribution in [-0.4, -0.2) is 9.97 Å². The molecule has 178 valence electrons. The fourth-order valence-corrected chi connectivity index (χ4v) is 4.50. The average molecular weight is 486 g/mol. The molecule has 37 heavy (non-hydrogen) atoms. The number of rotatable bonds is 5. The van der Waals surface area contributed by atoms with E-state index in [1.54, 1.807) is 35.4 Å². The molecule has 1 aromatic heterocycles. The highest BCUT2D eigenvalue weighted by Crippen LogP contribution is 2.37. The summed E-state index contributed by atoms with van der Waals surface area (Å²) >= 11 is 0. The minimum absolute atomic E-state index is 0.398. The molecule has 6 rings (SSSR count). The molecule has 6 aromatic rings. The summed E-state index contributed by atoms with van der Waals surface area (Å²) in [6, 6.07) is 36.6. The lowest BCUT2D eigenvalue weighted by Gasteiger charge is -2.24. The molecule has 0 saturated heterocycles. The van der Waals surface area contributed by atoms with Gasteiger partial charge in [0.2, 0.25) is 0 Å². The summed E-state index contributed by atoms with van der Waals surface area (Å²) in [4.78, 5) is 11.5. The second-order valence-corrected chi connectivity index (χ2v) is 8.65. The Bertz CT molecular complexity index is 1660. The van der Waals surface area contributed by atoms with E-state index in [0.29, 0.717) is 22.7 Å². The zero-order chi connectivity index (χ0) is 25.2. The predicted molar refractivity (Wildman–Crippen MR) is 145 cm³/mol. The van der Waals surface area contributed by atoms with Crippen molar-refractivity contribution in [3.05, 3.63) is 139 Å². The Balaban J connectivity index is 1.59. The van der Waals surface area contributed by atoms with E-state index in [2.05, 4.69) is 18.2 Å². The number of fused-ring (bicyclic) bond motifs is 1. The van der Waals surface area contributed by atoms with Gasteiger partial charge in [0.25, 0.3) is 0 Å². The lowest BCUT2D eigenvalue weighted by molar-refractivity contribution is 0.627. The van der Waals surface area contributed by atoms with E-state index >= 15 is 0 Å². The van der Waals surface area contributed by atoms with E-state index < -0.39 is 11.6 Å². The van der Waals surface area contributed by atoms with E-state index in [9.17, 15) is 8.78 Å². The van der Waals surface area contributed by atoms with Gasteiger partial charge in [-0.05, 0) is 65.2 Å². The molecule has 0 aliphatic heterocycles. The third kappa shape index (κ3) is 4.55. The largest absolute Gasteiger partial charge is 0.294 e. The minimum atomic E-state index is -0.398. The van der Waals surface area contributed by atoms with Crippen LogP contribution in [0.15, 0.2) is 128 Å². The molecule has 0 amide bonds. The zero-order valence-electron chi connectivity index (χ0n) is 19.7. The predicted octanol–water partition coefficient (Wildman–Crippen LogP) is 8.71. The molecule has 0 aliphatic carbocycles. The number of halogens is 2. The van der Waals surface area contributed by atoms with Crippen LogP contribution in [0.4, 0.5) is 26.0 Å². The molecule has 0 aliphatic rings. The van der Waals surface area contributed by atoms with Crippen LogP contribution >= 0.6 is 0 Å². The fourth-order valence-electron chi connectivity index (χ4n) is 4.50. The summed E-state index contributed by atoms with van der Waals surface area (Å²) in [6.07, 6.45) is 1.65. The van der Waals surface area contributed by atoms with Crippen molar-refractivity contribution in [1.29, 1.82) is 0 Å². The maximum atomic E-state index is 14.2. The molecule has 0 spiro atoms. The van der Waals surface area contributed by atoms with Gasteiger partial charge in [-0.1, -0.05) is 72.8 Å². The molecular formula is C32H21F2N3. The first-order valence-electron chi connectivity index (χ1n) is 11.9. The van der Waals surface area contributed by atoms with Crippen molar-refractivity contribution < 1.29 is 8.78 Å². The van der Waals surface area contributed by atoms with Gasteiger partial charge in [-0.25, -0.2) is 13.8 Å². The van der Waals surface area contributed by atoms with E-state index in [4.69, 9.17) is 9.97 Å². The molecule has 0 unspecified atom stereocenters. The number of nitrogens with zero attached hydrogens (tertiary/aromatic N) is 3. The Morgan fingerprint density at radius 3 is 1.73 bits per heavy atom. The van der Waals surface area contributed by atoms with Gasteiger partial charge < -0.3 is 0 Å². The summed E-state index contributed by atoms with van der Waals surface area (Å²) in [5.74, 6) is -0.344. The van der Waals surface area contributed by atoms with Crippen molar-refractivity contribution in [3.63, 3.8) is 0 Å². The van der Waals surface area contributed by atoms with Crippen LogP contribution in [0.5, 0.6) is 0 Å². The van der Waals surface area contributed by atoms with Gasteiger partial charge in [0.15, 0.2) is 5.82 Å². The van der Waals surface area contributed by atoms with Gasteiger partial charge >= 0.3 is 0 Å². The minimum Gasteiger partial charge on any atom is -0.294 e. The molecule has 0 atom stereocenters. The van der Waals surface area contributed by atoms with Crippen molar-refractivity contribution in [3.8, 4) is 22.3 Å². The van der Waals surface area contributed by atoms with Crippen molar-refractivity contribution in [2.45, 2.75) is 0 Å². The highest BCUT2D eigenvalue weighted by molar-refractivity contribution is 5.96. The Kier molecular flexibility index (Phi) is 5.87. The molecule has 0 bridgehead atoms. The first-order chi connectivity index (χ1) is 18.2. The number of aromatic nitrogens is 2. The number of anilines is 3. The molecule has 1 heterocycles. The van der Waals surface area contributed by atoms with Gasteiger partial charge in [0.1, 0.15) is 11.6 Å². The Morgan fingerprint density at radius 2 is 1.14 bits per heavy atom. The van der Waals surface area contributed by atoms with Crippen LogP contribution in [0.1, 0.15) is 0 Å². The second kappa shape index (κ2) is 9.63. The molecule has 5 heteroatoms. The standard InChI is InChI=1S/C32H21F2N3/c33-25-13-7-15-27(19-25)37(28-16-8-14-26(34)20-28)31-21-35-32-29(23-11-5-2-6-12-23)17-24(18-30(32)36-31)22-9-3-1-4-10-22/h1-21H. The van der Waals surface area contributed by atoms with Gasteiger partial charge in [0.05, 0.1) is 28.6 Å². The molecule has 5 aromatic carbocycles. The van der Waals surface area contributed by atoms with Crippen LogP contribution in [0.2, 0.25) is 0 Å². The zero-order valence-corrected chi connectivity index (χ0v) is 19.7. The first kappa shape index (κ1) is 22.6. The third-order valence-electron chi connectivity index (χ3n) is 6.19. The highest BCUT2D eigenvalue weighted by atomic mass is 19.1. The van der Waals surface area contributed by atoms with Crippen LogP contribution in [0.25, 0.3) is 33.3 Å². The van der Waals surface area contributed by atoms with E-state index in [1.165, 1.54) is 24.3 Å². The maximum Gasteiger partial charge on any atom is 0.156 e. The van der Waals surface area contributed by atoms with Gasteiger partial charge in [-0.15, -0.1) is 0 Å². The molecular weight excluding hydrogens is 464 g/mol. The van der Waals surface area contributed by atoms with Crippen molar-refractivity contribution in [2.24, 2.45) is 0 Å². The van der Waals surface area contributed by atoms with Crippen LogP contribution in [-0.2, 0) is 0 Å². The Labute approximate surface area is 213 Å². The summed E-state index contributed by atoms with van der Waals surface area (Å²) in [5.41, 5.74) is 6.49. The lowest BCUT2D eigenvalue weighted by atomic mass is 9.97. The number of benzene rings is 5. The Morgan fingerprint density at radius 1 is 0.541 bits per heavy atom. The van der Waals surface area contributed by atoms with Crippen LogP contribution in [0.3, 0.4) is 0 Å². The quantitative estimate of drug-likeness (QED) is 0.244. The number of hydrogen-bond donors (Lipinski definition) is 0.